The number of carbonyl (C=O) groups is 2. The molecule has 0 spiro atoms. The second-order valence-corrected chi connectivity index (χ2v) is 6.84. The molecule has 0 aromatic carbocycles. The third-order valence-corrected chi connectivity index (χ3v) is 5.03. The number of nitrogens with zero attached hydrogens (tertiary/aromatic N) is 5. The van der Waals surface area contributed by atoms with Crippen molar-refractivity contribution in [3.63, 3.8) is 0 Å². The van der Waals surface area contributed by atoms with Gasteiger partial charge in [-0.25, -0.2) is 18.6 Å². The zero-order valence-corrected chi connectivity index (χ0v) is 16.3. The average Bonchev–Trinajstić information content (AvgIpc) is 3.22. The van der Waals surface area contributed by atoms with Crippen LogP contribution in [0.2, 0.25) is 0 Å². The van der Waals surface area contributed by atoms with E-state index in [0.717, 1.165) is 21.9 Å². The standard InChI is InChI=1S/C17H14F2N6O3S/c1-4-28-16(27)11-8(3)9(6-20)15(29-11)23-14(26)13-22-17-21-7(2)5-10(12(18)19)25(17)24-13/h5,12H,4H2,1-3H3,(H,23,26). The molecule has 1 N–H and O–H groups in total. The molecule has 0 fully saturated rings. The number of rotatable bonds is 5. The summed E-state index contributed by atoms with van der Waals surface area (Å²) in [6.45, 7) is 4.88. The molecule has 3 heterocycles. The molecule has 0 bridgehead atoms. The summed E-state index contributed by atoms with van der Waals surface area (Å²) in [6.07, 6.45) is -2.84. The van der Waals surface area contributed by atoms with Crippen LogP contribution >= 0.6 is 11.3 Å². The van der Waals surface area contributed by atoms with Crippen LogP contribution in [0, 0.1) is 25.2 Å². The molecule has 0 atom stereocenters. The number of fused-ring (bicyclic) bond motifs is 1. The molecule has 0 saturated carbocycles. The van der Waals surface area contributed by atoms with Crippen molar-refractivity contribution < 1.29 is 23.1 Å². The number of nitriles is 1. The fourth-order valence-electron chi connectivity index (χ4n) is 2.55. The van der Waals surface area contributed by atoms with Gasteiger partial charge in [-0.2, -0.15) is 14.8 Å². The van der Waals surface area contributed by atoms with Crippen LogP contribution in [0.25, 0.3) is 5.78 Å². The highest BCUT2D eigenvalue weighted by Gasteiger charge is 2.25. The Kier molecular flexibility index (Phi) is 5.51. The molecule has 29 heavy (non-hydrogen) atoms. The molecule has 0 saturated heterocycles. The predicted octanol–water partition coefficient (Wildman–Crippen LogP) is 3.04. The summed E-state index contributed by atoms with van der Waals surface area (Å²) in [6, 6.07) is 3.08. The van der Waals surface area contributed by atoms with Crippen molar-refractivity contribution in [2.75, 3.05) is 11.9 Å². The van der Waals surface area contributed by atoms with Crippen molar-refractivity contribution in [1.82, 2.24) is 19.6 Å². The molecule has 0 aliphatic heterocycles. The quantitative estimate of drug-likeness (QED) is 0.630. The molecular weight excluding hydrogens is 406 g/mol. The van der Waals surface area contributed by atoms with Gasteiger partial charge in [-0.1, -0.05) is 0 Å². The van der Waals surface area contributed by atoms with E-state index in [1.54, 1.807) is 13.8 Å². The Morgan fingerprint density at radius 1 is 1.38 bits per heavy atom. The largest absolute Gasteiger partial charge is 0.462 e. The van der Waals surface area contributed by atoms with E-state index in [1.807, 2.05) is 6.07 Å². The Hall–Kier alpha value is -3.46. The monoisotopic (exact) mass is 420 g/mol. The lowest BCUT2D eigenvalue weighted by molar-refractivity contribution is 0.0531. The number of esters is 1. The molecule has 3 aromatic heterocycles. The van der Waals surface area contributed by atoms with E-state index >= 15 is 0 Å². The topological polar surface area (TPSA) is 122 Å². The minimum atomic E-state index is -2.84. The molecule has 12 heteroatoms. The molecule has 0 aliphatic carbocycles. The normalized spacial score (nSPS) is 10.9. The number of anilines is 1. The first-order chi connectivity index (χ1) is 13.8. The first-order valence-corrected chi connectivity index (χ1v) is 9.12. The Morgan fingerprint density at radius 2 is 2.10 bits per heavy atom. The summed E-state index contributed by atoms with van der Waals surface area (Å²) < 4.78 is 32.2. The van der Waals surface area contributed by atoms with Gasteiger partial charge in [-0.15, -0.1) is 16.4 Å². The summed E-state index contributed by atoms with van der Waals surface area (Å²) in [4.78, 5) is 32.6. The summed E-state index contributed by atoms with van der Waals surface area (Å²) in [5.74, 6) is -2.00. The number of carbonyl (C=O) groups excluding carboxylic acids is 2. The summed E-state index contributed by atoms with van der Waals surface area (Å²) >= 11 is 0.872. The van der Waals surface area contributed by atoms with Crippen LogP contribution in [0.1, 0.15) is 56.2 Å². The number of halogens is 2. The van der Waals surface area contributed by atoms with Crippen molar-refractivity contribution in [2.24, 2.45) is 0 Å². The molecule has 1 amide bonds. The summed E-state index contributed by atoms with van der Waals surface area (Å²) in [7, 11) is 0. The number of aromatic nitrogens is 4. The van der Waals surface area contributed by atoms with Gasteiger partial charge < -0.3 is 10.1 Å². The van der Waals surface area contributed by atoms with Crippen LogP contribution in [0.5, 0.6) is 0 Å². The number of aryl methyl sites for hydroxylation is 1. The highest BCUT2D eigenvalue weighted by molar-refractivity contribution is 7.18. The Morgan fingerprint density at radius 3 is 2.72 bits per heavy atom. The van der Waals surface area contributed by atoms with E-state index in [9.17, 15) is 23.6 Å². The van der Waals surface area contributed by atoms with Crippen LogP contribution in [0.4, 0.5) is 13.8 Å². The highest BCUT2D eigenvalue weighted by atomic mass is 32.1. The third kappa shape index (κ3) is 3.77. The second-order valence-electron chi connectivity index (χ2n) is 5.82. The van der Waals surface area contributed by atoms with E-state index in [0.29, 0.717) is 11.3 Å². The van der Waals surface area contributed by atoms with Gasteiger partial charge in [0, 0.05) is 5.69 Å². The molecule has 9 nitrogen and oxygen atoms in total. The fraction of sp³-hybridized carbons (Fsp3) is 0.294. The number of hydrogen-bond donors (Lipinski definition) is 1. The van der Waals surface area contributed by atoms with E-state index in [4.69, 9.17) is 4.74 Å². The fourth-order valence-corrected chi connectivity index (χ4v) is 3.60. The first kappa shape index (κ1) is 20.3. The molecule has 3 aromatic rings. The smallest absolute Gasteiger partial charge is 0.348 e. The number of ether oxygens (including phenoxy) is 1. The average molecular weight is 420 g/mol. The predicted molar refractivity (Wildman–Crippen MR) is 98.2 cm³/mol. The Labute approximate surface area is 167 Å². The minimum Gasteiger partial charge on any atom is -0.462 e. The van der Waals surface area contributed by atoms with Gasteiger partial charge >= 0.3 is 5.97 Å². The molecule has 0 aliphatic rings. The van der Waals surface area contributed by atoms with Crippen LogP contribution in [0.3, 0.4) is 0 Å². The van der Waals surface area contributed by atoms with Crippen LogP contribution in [0.15, 0.2) is 6.07 Å². The van der Waals surface area contributed by atoms with E-state index in [2.05, 4.69) is 20.4 Å². The van der Waals surface area contributed by atoms with Crippen molar-refractivity contribution in [1.29, 1.82) is 5.26 Å². The number of amides is 1. The van der Waals surface area contributed by atoms with Crippen molar-refractivity contribution >= 4 is 34.0 Å². The van der Waals surface area contributed by atoms with Crippen molar-refractivity contribution in [3.8, 4) is 6.07 Å². The second kappa shape index (κ2) is 7.88. The number of thiophene rings is 1. The summed E-state index contributed by atoms with van der Waals surface area (Å²) in [5.41, 5.74) is 0.309. The maximum Gasteiger partial charge on any atom is 0.348 e. The van der Waals surface area contributed by atoms with Crippen LogP contribution < -0.4 is 5.32 Å². The molecule has 150 valence electrons. The molecule has 0 unspecified atom stereocenters. The van der Waals surface area contributed by atoms with Crippen LogP contribution in [-0.4, -0.2) is 38.1 Å². The lowest BCUT2D eigenvalue weighted by atomic mass is 10.2. The Bertz CT molecular complexity index is 1160. The lowest BCUT2D eigenvalue weighted by Gasteiger charge is -2.02. The number of alkyl halides is 2. The van der Waals surface area contributed by atoms with Gasteiger partial charge in [-0.05, 0) is 32.4 Å². The third-order valence-electron chi connectivity index (χ3n) is 3.84. The highest BCUT2D eigenvalue weighted by Crippen LogP contribution is 2.33. The molecular formula is C17H14F2N6O3S. The van der Waals surface area contributed by atoms with Gasteiger partial charge in [0.1, 0.15) is 21.6 Å². The SMILES string of the molecule is CCOC(=O)c1sc(NC(=O)c2nc3nc(C)cc(C(F)F)n3n2)c(C#N)c1C. The minimum absolute atomic E-state index is 0.0948. The van der Waals surface area contributed by atoms with Gasteiger partial charge in [0.15, 0.2) is 0 Å². The van der Waals surface area contributed by atoms with E-state index < -0.39 is 29.8 Å². The lowest BCUT2D eigenvalue weighted by Crippen LogP contribution is -2.14. The number of hydrogen-bond acceptors (Lipinski definition) is 8. The van der Waals surface area contributed by atoms with Crippen molar-refractivity contribution in [3.05, 3.63) is 39.3 Å². The van der Waals surface area contributed by atoms with Crippen molar-refractivity contribution in [2.45, 2.75) is 27.2 Å². The molecule has 0 radical (unpaired) electrons. The first-order valence-electron chi connectivity index (χ1n) is 8.31. The zero-order valence-electron chi connectivity index (χ0n) is 15.5. The maximum absolute atomic E-state index is 13.2. The Balaban J connectivity index is 1.97. The van der Waals surface area contributed by atoms with Gasteiger partial charge in [-0.3, -0.25) is 4.79 Å². The zero-order chi connectivity index (χ0) is 21.3. The summed E-state index contributed by atoms with van der Waals surface area (Å²) in [5, 5.41) is 15.7. The van der Waals surface area contributed by atoms with Crippen LogP contribution in [-0.2, 0) is 4.74 Å². The maximum atomic E-state index is 13.2. The molecule has 3 rings (SSSR count). The van der Waals surface area contributed by atoms with Gasteiger partial charge in [0.05, 0.1) is 12.2 Å². The number of nitrogens with one attached hydrogen (secondary N) is 1. The van der Waals surface area contributed by atoms with E-state index in [1.165, 1.54) is 6.92 Å². The van der Waals surface area contributed by atoms with Gasteiger partial charge in [0.25, 0.3) is 18.1 Å². The van der Waals surface area contributed by atoms with Gasteiger partial charge in [0.2, 0.25) is 5.82 Å². The van der Waals surface area contributed by atoms with E-state index in [-0.39, 0.29) is 27.8 Å².